The maximum atomic E-state index is 12.4. The van der Waals surface area contributed by atoms with Crippen molar-refractivity contribution in [2.24, 2.45) is 5.92 Å². The lowest BCUT2D eigenvalue weighted by Gasteiger charge is -2.10. The number of benzene rings is 1. The van der Waals surface area contributed by atoms with Crippen LogP contribution in [0.4, 0.5) is 13.2 Å². The summed E-state index contributed by atoms with van der Waals surface area (Å²) in [5, 5.41) is 0. The monoisotopic (exact) mass is 268 g/mol. The summed E-state index contributed by atoms with van der Waals surface area (Å²) in [6, 6.07) is 5.36. The van der Waals surface area contributed by atoms with Crippen LogP contribution in [0.3, 0.4) is 0 Å². The molecule has 0 aromatic heterocycles. The van der Waals surface area contributed by atoms with E-state index in [9.17, 15) is 13.2 Å². The Morgan fingerprint density at radius 3 is 2.62 bits per heavy atom. The minimum Gasteiger partial charge on any atom is -0.166 e. The first-order chi connectivity index (χ1) is 7.43. The highest BCUT2D eigenvalue weighted by Gasteiger charge is 2.30. The van der Waals surface area contributed by atoms with Crippen LogP contribution in [-0.2, 0) is 6.18 Å². The van der Waals surface area contributed by atoms with Gasteiger partial charge >= 0.3 is 6.18 Å². The highest BCUT2D eigenvalue weighted by atomic mass is 35.5. The van der Waals surface area contributed by atoms with E-state index in [0.717, 1.165) is 11.8 Å². The molecule has 0 nitrogen and oxygen atoms in total. The van der Waals surface area contributed by atoms with Crippen molar-refractivity contribution in [2.45, 2.75) is 18.0 Å². The lowest BCUT2D eigenvalue weighted by atomic mass is 10.2. The Kier molecular flexibility index (Phi) is 4.99. The molecule has 0 aliphatic carbocycles. The predicted molar refractivity (Wildman–Crippen MR) is 62.1 cm³/mol. The molecule has 1 atom stereocenters. The zero-order valence-corrected chi connectivity index (χ0v) is 10.3. The van der Waals surface area contributed by atoms with E-state index in [1.54, 1.807) is 6.07 Å². The van der Waals surface area contributed by atoms with Crippen LogP contribution in [0.1, 0.15) is 12.5 Å². The fraction of sp³-hybridized carbons (Fsp3) is 0.455. The Balaban J connectivity index is 2.68. The molecule has 0 aliphatic rings. The van der Waals surface area contributed by atoms with Gasteiger partial charge in [0, 0.05) is 16.5 Å². The van der Waals surface area contributed by atoms with Crippen molar-refractivity contribution in [3.63, 3.8) is 0 Å². The summed E-state index contributed by atoms with van der Waals surface area (Å²) in [4.78, 5) is 0.631. The first-order valence-electron chi connectivity index (χ1n) is 4.79. The van der Waals surface area contributed by atoms with Gasteiger partial charge in [0.05, 0.1) is 5.56 Å². The zero-order valence-electron chi connectivity index (χ0n) is 8.72. The average molecular weight is 269 g/mol. The molecule has 16 heavy (non-hydrogen) atoms. The minimum absolute atomic E-state index is 0.293. The van der Waals surface area contributed by atoms with Crippen molar-refractivity contribution in [3.8, 4) is 0 Å². The number of halogens is 4. The Morgan fingerprint density at radius 2 is 2.06 bits per heavy atom. The first-order valence-corrected chi connectivity index (χ1v) is 6.31. The van der Waals surface area contributed by atoms with Gasteiger partial charge in [0.25, 0.3) is 0 Å². The van der Waals surface area contributed by atoms with Gasteiger partial charge in [-0.05, 0) is 24.1 Å². The summed E-state index contributed by atoms with van der Waals surface area (Å²) in [6.07, 6.45) is -4.27. The van der Waals surface area contributed by atoms with E-state index in [2.05, 4.69) is 0 Å². The van der Waals surface area contributed by atoms with Crippen LogP contribution in [0.2, 0.25) is 0 Å². The number of hydrogen-bond donors (Lipinski definition) is 0. The molecule has 0 spiro atoms. The van der Waals surface area contributed by atoms with Gasteiger partial charge in [0.2, 0.25) is 0 Å². The van der Waals surface area contributed by atoms with Crippen LogP contribution in [-0.4, -0.2) is 11.6 Å². The molecule has 1 aromatic carbocycles. The van der Waals surface area contributed by atoms with Crippen LogP contribution in [0.15, 0.2) is 29.2 Å². The molecule has 1 rings (SSSR count). The third-order valence-electron chi connectivity index (χ3n) is 1.96. The number of rotatable bonds is 4. The van der Waals surface area contributed by atoms with Crippen LogP contribution < -0.4 is 0 Å². The van der Waals surface area contributed by atoms with Crippen molar-refractivity contribution >= 4 is 23.4 Å². The smallest absolute Gasteiger partial charge is 0.166 e. The third-order valence-corrected chi connectivity index (χ3v) is 3.81. The second-order valence-corrected chi connectivity index (χ2v) is 5.00. The second kappa shape index (κ2) is 5.82. The SMILES string of the molecule is CC(CCl)CSc1cccc(C(F)(F)F)c1. The lowest BCUT2D eigenvalue weighted by Crippen LogP contribution is -2.04. The van der Waals surface area contributed by atoms with Gasteiger partial charge in [-0.15, -0.1) is 23.4 Å². The number of alkyl halides is 4. The average Bonchev–Trinajstić information content (AvgIpc) is 2.25. The van der Waals surface area contributed by atoms with E-state index >= 15 is 0 Å². The molecule has 90 valence electrons. The minimum atomic E-state index is -4.27. The molecule has 0 fully saturated rings. The van der Waals surface area contributed by atoms with E-state index in [4.69, 9.17) is 11.6 Å². The molecule has 0 N–H and O–H groups in total. The molecular formula is C11H12ClF3S. The molecular weight excluding hydrogens is 257 g/mol. The maximum absolute atomic E-state index is 12.4. The number of hydrogen-bond acceptors (Lipinski definition) is 1. The van der Waals surface area contributed by atoms with Gasteiger partial charge in [-0.2, -0.15) is 13.2 Å². The van der Waals surface area contributed by atoms with Crippen molar-refractivity contribution < 1.29 is 13.2 Å². The van der Waals surface area contributed by atoms with Gasteiger partial charge in [0.15, 0.2) is 0 Å². The van der Waals surface area contributed by atoms with Crippen LogP contribution in [0.5, 0.6) is 0 Å². The summed E-state index contributed by atoms with van der Waals surface area (Å²) >= 11 is 7.03. The van der Waals surface area contributed by atoms with Crippen molar-refractivity contribution in [1.29, 1.82) is 0 Å². The molecule has 0 amide bonds. The largest absolute Gasteiger partial charge is 0.416 e. The van der Waals surface area contributed by atoms with Crippen molar-refractivity contribution in [1.82, 2.24) is 0 Å². The standard InChI is InChI=1S/C11H12ClF3S/c1-8(6-12)7-16-10-4-2-3-9(5-10)11(13,14)15/h2-5,8H,6-7H2,1H3. The molecule has 0 aliphatic heterocycles. The van der Waals surface area contributed by atoms with Crippen LogP contribution in [0, 0.1) is 5.92 Å². The summed E-state index contributed by atoms with van der Waals surface area (Å²) < 4.78 is 37.2. The van der Waals surface area contributed by atoms with Gasteiger partial charge < -0.3 is 0 Å². The third kappa shape index (κ3) is 4.26. The molecule has 0 heterocycles. The van der Waals surface area contributed by atoms with Gasteiger partial charge in [-0.1, -0.05) is 13.0 Å². The highest BCUT2D eigenvalue weighted by Crippen LogP contribution is 2.32. The summed E-state index contributed by atoms with van der Waals surface area (Å²) in [6.45, 7) is 1.97. The molecule has 0 bridgehead atoms. The molecule has 1 unspecified atom stereocenters. The maximum Gasteiger partial charge on any atom is 0.416 e. The Bertz CT molecular complexity index is 338. The van der Waals surface area contributed by atoms with E-state index in [-0.39, 0.29) is 0 Å². The van der Waals surface area contributed by atoms with Crippen LogP contribution in [0.25, 0.3) is 0 Å². The lowest BCUT2D eigenvalue weighted by molar-refractivity contribution is -0.137. The molecule has 0 saturated carbocycles. The predicted octanol–water partition coefficient (Wildman–Crippen LogP) is 4.67. The summed E-state index contributed by atoms with van der Waals surface area (Å²) in [5.74, 6) is 1.54. The zero-order chi connectivity index (χ0) is 12.2. The van der Waals surface area contributed by atoms with E-state index in [0.29, 0.717) is 16.7 Å². The molecule has 0 radical (unpaired) electrons. The quantitative estimate of drug-likeness (QED) is 0.565. The normalized spacial score (nSPS) is 13.8. The number of thioether (sulfide) groups is 1. The van der Waals surface area contributed by atoms with Gasteiger partial charge in [-0.3, -0.25) is 0 Å². The van der Waals surface area contributed by atoms with Crippen LogP contribution >= 0.6 is 23.4 Å². The molecule has 0 saturated heterocycles. The van der Waals surface area contributed by atoms with Gasteiger partial charge in [0.1, 0.15) is 0 Å². The Hall–Kier alpha value is -0.350. The second-order valence-electron chi connectivity index (χ2n) is 3.60. The Morgan fingerprint density at radius 1 is 1.38 bits per heavy atom. The highest BCUT2D eigenvalue weighted by molar-refractivity contribution is 7.99. The molecule has 1 aromatic rings. The first kappa shape index (κ1) is 13.7. The summed E-state index contributed by atoms with van der Waals surface area (Å²) in [7, 11) is 0. The topological polar surface area (TPSA) is 0 Å². The molecule has 5 heteroatoms. The fourth-order valence-electron chi connectivity index (χ4n) is 1.05. The van der Waals surface area contributed by atoms with E-state index < -0.39 is 11.7 Å². The van der Waals surface area contributed by atoms with Gasteiger partial charge in [-0.25, -0.2) is 0 Å². The summed E-state index contributed by atoms with van der Waals surface area (Å²) in [5.41, 5.74) is -0.601. The Labute approximate surface area is 102 Å². The van der Waals surface area contributed by atoms with Crippen molar-refractivity contribution in [2.75, 3.05) is 11.6 Å². The van der Waals surface area contributed by atoms with E-state index in [1.165, 1.54) is 23.9 Å². The fourth-order valence-corrected chi connectivity index (χ4v) is 2.26. The van der Waals surface area contributed by atoms with E-state index in [1.807, 2.05) is 6.92 Å². The van der Waals surface area contributed by atoms with Crippen molar-refractivity contribution in [3.05, 3.63) is 29.8 Å².